The van der Waals surface area contributed by atoms with Gasteiger partial charge in [0.25, 0.3) is 5.91 Å². The van der Waals surface area contributed by atoms with Crippen LogP contribution in [0.25, 0.3) is 10.2 Å². The van der Waals surface area contributed by atoms with Gasteiger partial charge in [-0.2, -0.15) is 0 Å². The normalized spacial score (nSPS) is 16.3. The van der Waals surface area contributed by atoms with Crippen LogP contribution in [0.3, 0.4) is 0 Å². The number of aryl methyl sites for hydroxylation is 1. The number of thiophene rings is 1. The Kier molecular flexibility index (Phi) is 4.92. The van der Waals surface area contributed by atoms with Gasteiger partial charge in [-0.1, -0.05) is 6.07 Å². The molecule has 0 saturated carbocycles. The van der Waals surface area contributed by atoms with Gasteiger partial charge < -0.3 is 24.6 Å². The van der Waals surface area contributed by atoms with E-state index in [1.54, 1.807) is 6.33 Å². The molecule has 0 unspecified atom stereocenters. The number of benzene rings is 1. The molecule has 1 aromatic carbocycles. The fourth-order valence-electron chi connectivity index (χ4n) is 3.84. The molecule has 1 saturated heterocycles. The molecule has 2 aromatic heterocycles. The third-order valence-electron chi connectivity index (χ3n) is 5.61. The van der Waals surface area contributed by atoms with Crippen molar-refractivity contribution in [2.24, 2.45) is 0 Å². The Morgan fingerprint density at radius 2 is 1.97 bits per heavy atom. The van der Waals surface area contributed by atoms with E-state index >= 15 is 0 Å². The molecule has 0 bridgehead atoms. The van der Waals surface area contributed by atoms with Crippen LogP contribution in [-0.2, 0) is 6.54 Å². The largest absolute Gasteiger partial charge is 0.454 e. The fourth-order valence-corrected chi connectivity index (χ4v) is 4.90. The van der Waals surface area contributed by atoms with Crippen molar-refractivity contribution in [2.75, 3.05) is 44.9 Å². The number of hydrogen-bond acceptors (Lipinski definition) is 8. The van der Waals surface area contributed by atoms with Crippen molar-refractivity contribution in [2.45, 2.75) is 13.5 Å². The van der Waals surface area contributed by atoms with Gasteiger partial charge >= 0.3 is 0 Å². The molecule has 156 valence electrons. The summed E-state index contributed by atoms with van der Waals surface area (Å²) >= 11 is 1.42. The number of carbonyl (C=O) groups is 1. The Morgan fingerprint density at radius 3 is 2.80 bits per heavy atom. The zero-order chi connectivity index (χ0) is 20.7. The lowest BCUT2D eigenvalue weighted by Gasteiger charge is -2.33. The average Bonchev–Trinajstić information content (AvgIpc) is 3.36. The maximum atomic E-state index is 12.9. The number of anilines is 1. The van der Waals surface area contributed by atoms with Gasteiger partial charge in [0, 0.05) is 32.7 Å². The van der Waals surface area contributed by atoms with E-state index in [4.69, 9.17) is 9.47 Å². The lowest BCUT2D eigenvalue weighted by molar-refractivity contribution is 0.0954. The maximum absolute atomic E-state index is 12.9. The van der Waals surface area contributed by atoms with Crippen LogP contribution in [0.15, 0.2) is 24.5 Å². The summed E-state index contributed by atoms with van der Waals surface area (Å²) in [5.74, 6) is 2.28. The standard InChI is InChI=1S/C21H23N5O3S/c1-13-17-19(26-7-5-25(2)6-8-26)23-11-24-21(17)30-18(13)20(27)22-10-14-3-4-15-16(9-14)29-12-28-15/h3-4,9,11H,5-8,10,12H2,1-2H3,(H,22,27). The van der Waals surface area contributed by atoms with E-state index < -0.39 is 0 Å². The Hall–Kier alpha value is -2.91. The van der Waals surface area contributed by atoms with E-state index in [1.807, 2.05) is 25.1 Å². The third kappa shape index (κ3) is 3.44. The first-order valence-electron chi connectivity index (χ1n) is 9.94. The quantitative estimate of drug-likeness (QED) is 0.688. The van der Waals surface area contributed by atoms with Gasteiger partial charge in [-0.15, -0.1) is 11.3 Å². The second-order valence-corrected chi connectivity index (χ2v) is 8.59. The second-order valence-electron chi connectivity index (χ2n) is 7.59. The van der Waals surface area contributed by atoms with Crippen LogP contribution in [0, 0.1) is 6.92 Å². The van der Waals surface area contributed by atoms with Crippen LogP contribution in [0.1, 0.15) is 20.8 Å². The van der Waals surface area contributed by atoms with E-state index in [1.165, 1.54) is 11.3 Å². The molecule has 0 spiro atoms. The van der Waals surface area contributed by atoms with E-state index in [0.717, 1.165) is 59.1 Å². The number of nitrogens with one attached hydrogen (secondary N) is 1. The molecule has 30 heavy (non-hydrogen) atoms. The minimum atomic E-state index is -0.0995. The van der Waals surface area contributed by atoms with Crippen LogP contribution in [0.5, 0.6) is 11.5 Å². The average molecular weight is 426 g/mol. The maximum Gasteiger partial charge on any atom is 0.261 e. The Morgan fingerprint density at radius 1 is 1.17 bits per heavy atom. The smallest absolute Gasteiger partial charge is 0.261 e. The molecule has 2 aliphatic heterocycles. The van der Waals surface area contributed by atoms with Crippen LogP contribution < -0.4 is 19.7 Å². The predicted molar refractivity (Wildman–Crippen MR) is 116 cm³/mol. The molecule has 4 heterocycles. The molecule has 0 aliphatic carbocycles. The number of nitrogens with zero attached hydrogens (tertiary/aromatic N) is 4. The van der Waals surface area contributed by atoms with E-state index in [0.29, 0.717) is 17.2 Å². The molecule has 0 atom stereocenters. The predicted octanol–water partition coefficient (Wildman–Crippen LogP) is 2.41. The number of likely N-dealkylation sites (N-methyl/N-ethyl adjacent to an activating group) is 1. The van der Waals surface area contributed by atoms with Crippen LogP contribution in [-0.4, -0.2) is 60.8 Å². The van der Waals surface area contributed by atoms with Crippen LogP contribution in [0.4, 0.5) is 5.82 Å². The molecular formula is C21H23N5O3S. The molecule has 5 rings (SSSR count). The number of piperazine rings is 1. The Labute approximate surface area is 178 Å². The summed E-state index contributed by atoms with van der Waals surface area (Å²) in [4.78, 5) is 28.1. The number of carbonyl (C=O) groups excluding carboxylic acids is 1. The highest BCUT2D eigenvalue weighted by Gasteiger charge is 2.23. The Bertz CT molecular complexity index is 1110. The van der Waals surface area contributed by atoms with Crippen molar-refractivity contribution in [1.82, 2.24) is 20.2 Å². The summed E-state index contributed by atoms with van der Waals surface area (Å²) in [5.41, 5.74) is 1.90. The minimum absolute atomic E-state index is 0.0995. The lowest BCUT2D eigenvalue weighted by Crippen LogP contribution is -2.44. The van der Waals surface area contributed by atoms with Gasteiger partial charge in [-0.25, -0.2) is 9.97 Å². The number of hydrogen-bond donors (Lipinski definition) is 1. The van der Waals surface area contributed by atoms with Crippen molar-refractivity contribution in [3.8, 4) is 11.5 Å². The van der Waals surface area contributed by atoms with Crippen molar-refractivity contribution in [3.05, 3.63) is 40.5 Å². The number of aromatic nitrogens is 2. The molecule has 1 N–H and O–H groups in total. The van der Waals surface area contributed by atoms with Crippen molar-refractivity contribution in [1.29, 1.82) is 0 Å². The van der Waals surface area contributed by atoms with Gasteiger partial charge in [-0.3, -0.25) is 4.79 Å². The highest BCUT2D eigenvalue weighted by molar-refractivity contribution is 7.20. The number of rotatable bonds is 4. The highest BCUT2D eigenvalue weighted by Crippen LogP contribution is 2.35. The minimum Gasteiger partial charge on any atom is -0.454 e. The molecule has 1 amide bonds. The molecule has 8 nitrogen and oxygen atoms in total. The highest BCUT2D eigenvalue weighted by atomic mass is 32.1. The van der Waals surface area contributed by atoms with Crippen molar-refractivity contribution >= 4 is 33.3 Å². The molecule has 1 fully saturated rings. The summed E-state index contributed by atoms with van der Waals surface area (Å²) in [5, 5.41) is 4.01. The molecule has 0 radical (unpaired) electrons. The summed E-state index contributed by atoms with van der Waals surface area (Å²) < 4.78 is 10.7. The van der Waals surface area contributed by atoms with Gasteiger partial charge in [0.1, 0.15) is 17.0 Å². The van der Waals surface area contributed by atoms with Gasteiger partial charge in [0.15, 0.2) is 11.5 Å². The first-order valence-corrected chi connectivity index (χ1v) is 10.8. The first kappa shape index (κ1) is 19.1. The topological polar surface area (TPSA) is 79.8 Å². The fraction of sp³-hybridized carbons (Fsp3) is 0.381. The van der Waals surface area contributed by atoms with Crippen molar-refractivity contribution < 1.29 is 14.3 Å². The van der Waals surface area contributed by atoms with Gasteiger partial charge in [-0.05, 0) is 37.2 Å². The second kappa shape index (κ2) is 7.73. The summed E-state index contributed by atoms with van der Waals surface area (Å²) in [6.07, 6.45) is 1.60. The SMILES string of the molecule is Cc1c(C(=O)NCc2ccc3c(c2)OCO3)sc2ncnc(N3CCN(C)CC3)c12. The van der Waals surface area contributed by atoms with Crippen LogP contribution in [0.2, 0.25) is 0 Å². The number of amides is 1. The van der Waals surface area contributed by atoms with Gasteiger partial charge in [0.2, 0.25) is 6.79 Å². The third-order valence-corrected chi connectivity index (χ3v) is 6.80. The molecule has 9 heteroatoms. The molecule has 3 aromatic rings. The zero-order valence-corrected chi connectivity index (χ0v) is 17.8. The zero-order valence-electron chi connectivity index (χ0n) is 17.0. The first-order chi connectivity index (χ1) is 14.6. The summed E-state index contributed by atoms with van der Waals surface area (Å²) in [6.45, 7) is 6.47. The Balaban J connectivity index is 1.37. The molecule has 2 aliphatic rings. The van der Waals surface area contributed by atoms with Crippen LogP contribution >= 0.6 is 11.3 Å². The lowest BCUT2D eigenvalue weighted by atomic mass is 10.1. The van der Waals surface area contributed by atoms with Crippen molar-refractivity contribution in [3.63, 3.8) is 0 Å². The van der Waals surface area contributed by atoms with E-state index in [-0.39, 0.29) is 12.7 Å². The number of ether oxygens (including phenoxy) is 2. The summed E-state index contributed by atoms with van der Waals surface area (Å²) in [6, 6.07) is 5.70. The van der Waals surface area contributed by atoms with E-state index in [2.05, 4.69) is 32.1 Å². The number of fused-ring (bicyclic) bond motifs is 2. The monoisotopic (exact) mass is 425 g/mol. The molecular weight excluding hydrogens is 402 g/mol. The summed E-state index contributed by atoms with van der Waals surface area (Å²) in [7, 11) is 2.13. The van der Waals surface area contributed by atoms with E-state index in [9.17, 15) is 4.79 Å². The van der Waals surface area contributed by atoms with Gasteiger partial charge in [0.05, 0.1) is 10.3 Å².